The summed E-state index contributed by atoms with van der Waals surface area (Å²) >= 11 is 0. The summed E-state index contributed by atoms with van der Waals surface area (Å²) in [5.41, 5.74) is 0.564. The number of hydrogen-bond acceptors (Lipinski definition) is 4. The van der Waals surface area contributed by atoms with Gasteiger partial charge in [0.15, 0.2) is 0 Å². The second-order valence-corrected chi connectivity index (χ2v) is 6.68. The number of carbonyl (C=O) groups is 1. The van der Waals surface area contributed by atoms with E-state index >= 15 is 0 Å². The summed E-state index contributed by atoms with van der Waals surface area (Å²) in [7, 11) is 0. The zero-order valence-corrected chi connectivity index (χ0v) is 13.7. The first-order valence-electron chi connectivity index (χ1n) is 7.72. The lowest BCUT2D eigenvalue weighted by molar-refractivity contribution is 0.0497. The van der Waals surface area contributed by atoms with E-state index in [1.807, 2.05) is 31.7 Å². The van der Waals surface area contributed by atoms with Crippen LogP contribution in [0, 0.1) is 17.1 Å². The molecule has 1 saturated heterocycles. The van der Waals surface area contributed by atoms with Crippen molar-refractivity contribution in [3.63, 3.8) is 0 Å². The van der Waals surface area contributed by atoms with Crippen LogP contribution >= 0.6 is 0 Å². The number of anilines is 1. The molecule has 1 amide bonds. The van der Waals surface area contributed by atoms with Gasteiger partial charge in [-0.1, -0.05) is 0 Å². The maximum Gasteiger partial charge on any atom is 0.407 e. The van der Waals surface area contributed by atoms with Crippen molar-refractivity contribution in [2.24, 2.45) is 0 Å². The average molecular weight is 319 g/mol. The van der Waals surface area contributed by atoms with Gasteiger partial charge >= 0.3 is 6.09 Å². The van der Waals surface area contributed by atoms with E-state index in [0.29, 0.717) is 18.7 Å². The SMILES string of the molecule is CC(C)(C)OC(=O)NC1CCN(c2ccc(F)cc2C#N)CC1. The lowest BCUT2D eigenvalue weighted by Gasteiger charge is -2.34. The van der Waals surface area contributed by atoms with Crippen LogP contribution in [0.15, 0.2) is 18.2 Å². The number of benzene rings is 1. The van der Waals surface area contributed by atoms with E-state index in [2.05, 4.69) is 5.32 Å². The van der Waals surface area contributed by atoms with Gasteiger partial charge < -0.3 is 15.0 Å². The second-order valence-electron chi connectivity index (χ2n) is 6.68. The van der Waals surface area contributed by atoms with E-state index in [1.165, 1.54) is 12.1 Å². The van der Waals surface area contributed by atoms with Gasteiger partial charge in [-0.3, -0.25) is 0 Å². The van der Waals surface area contributed by atoms with Gasteiger partial charge in [-0.15, -0.1) is 0 Å². The Morgan fingerprint density at radius 3 is 2.61 bits per heavy atom. The normalized spacial score (nSPS) is 15.9. The minimum atomic E-state index is -0.513. The number of carbonyl (C=O) groups excluding carboxylic acids is 1. The molecular formula is C17H22FN3O2. The lowest BCUT2D eigenvalue weighted by atomic mass is 10.0. The summed E-state index contributed by atoms with van der Waals surface area (Å²) in [6.45, 7) is 6.87. The third-order valence-corrected chi connectivity index (χ3v) is 3.64. The van der Waals surface area contributed by atoms with Crippen molar-refractivity contribution in [1.82, 2.24) is 5.32 Å². The number of nitrogens with one attached hydrogen (secondary N) is 1. The van der Waals surface area contributed by atoms with E-state index in [4.69, 9.17) is 10.00 Å². The highest BCUT2D eigenvalue weighted by Crippen LogP contribution is 2.24. The molecule has 23 heavy (non-hydrogen) atoms. The summed E-state index contributed by atoms with van der Waals surface area (Å²) in [5.74, 6) is -0.410. The van der Waals surface area contributed by atoms with E-state index in [1.54, 1.807) is 6.07 Å². The Bertz CT molecular complexity index is 611. The Hall–Kier alpha value is -2.29. The highest BCUT2D eigenvalue weighted by Gasteiger charge is 2.24. The maximum atomic E-state index is 13.2. The first-order valence-corrected chi connectivity index (χ1v) is 7.72. The van der Waals surface area contributed by atoms with Gasteiger partial charge in [0.25, 0.3) is 0 Å². The van der Waals surface area contributed by atoms with Gasteiger partial charge in [-0.25, -0.2) is 9.18 Å². The third-order valence-electron chi connectivity index (χ3n) is 3.64. The molecule has 124 valence electrons. The van der Waals surface area contributed by atoms with Crippen molar-refractivity contribution in [2.75, 3.05) is 18.0 Å². The summed E-state index contributed by atoms with van der Waals surface area (Å²) < 4.78 is 18.5. The predicted octanol–water partition coefficient (Wildman–Crippen LogP) is 3.19. The van der Waals surface area contributed by atoms with E-state index in [-0.39, 0.29) is 6.04 Å². The number of nitriles is 1. The van der Waals surface area contributed by atoms with E-state index < -0.39 is 17.5 Å². The molecule has 2 rings (SSSR count). The Labute approximate surface area is 136 Å². The quantitative estimate of drug-likeness (QED) is 0.909. The van der Waals surface area contributed by atoms with Crippen LogP contribution < -0.4 is 10.2 Å². The summed E-state index contributed by atoms with van der Waals surface area (Å²) in [6.07, 6.45) is 1.10. The molecular weight excluding hydrogens is 297 g/mol. The molecule has 0 aromatic heterocycles. The molecule has 5 nitrogen and oxygen atoms in total. The number of amides is 1. The molecule has 1 heterocycles. The molecule has 1 aromatic carbocycles. The Kier molecular flexibility index (Phi) is 5.09. The van der Waals surface area contributed by atoms with Crippen LogP contribution in [0.25, 0.3) is 0 Å². The number of nitrogens with zero attached hydrogens (tertiary/aromatic N) is 2. The Morgan fingerprint density at radius 2 is 2.04 bits per heavy atom. The molecule has 0 radical (unpaired) electrons. The van der Waals surface area contributed by atoms with Crippen molar-refractivity contribution in [1.29, 1.82) is 5.26 Å². The summed E-state index contributed by atoms with van der Waals surface area (Å²) in [4.78, 5) is 13.8. The Morgan fingerprint density at radius 1 is 1.39 bits per heavy atom. The van der Waals surface area contributed by atoms with Gasteiger partial charge in [0.05, 0.1) is 11.3 Å². The first kappa shape index (κ1) is 17.1. The molecule has 1 aromatic rings. The number of rotatable bonds is 2. The van der Waals surface area contributed by atoms with E-state index in [0.717, 1.165) is 18.5 Å². The average Bonchev–Trinajstić information content (AvgIpc) is 2.46. The van der Waals surface area contributed by atoms with Crippen molar-refractivity contribution in [2.45, 2.75) is 45.3 Å². The van der Waals surface area contributed by atoms with Crippen molar-refractivity contribution >= 4 is 11.8 Å². The summed E-state index contributed by atoms with van der Waals surface area (Å²) in [6, 6.07) is 6.33. The minimum absolute atomic E-state index is 0.0482. The molecule has 0 bridgehead atoms. The zero-order valence-electron chi connectivity index (χ0n) is 13.7. The van der Waals surface area contributed by atoms with Gasteiger partial charge in [-0.05, 0) is 51.8 Å². The fourth-order valence-electron chi connectivity index (χ4n) is 2.61. The van der Waals surface area contributed by atoms with Crippen LogP contribution in [-0.4, -0.2) is 30.8 Å². The van der Waals surface area contributed by atoms with Crippen molar-refractivity contribution in [3.8, 4) is 6.07 Å². The monoisotopic (exact) mass is 319 g/mol. The van der Waals surface area contributed by atoms with Gasteiger partial charge in [0.2, 0.25) is 0 Å². The topological polar surface area (TPSA) is 65.4 Å². The third kappa shape index (κ3) is 4.85. The van der Waals surface area contributed by atoms with Crippen LogP contribution in [0.5, 0.6) is 0 Å². The number of halogens is 1. The van der Waals surface area contributed by atoms with E-state index in [9.17, 15) is 9.18 Å². The number of alkyl carbamates (subject to hydrolysis) is 1. The zero-order chi connectivity index (χ0) is 17.0. The number of piperidine rings is 1. The number of ether oxygens (including phenoxy) is 1. The fourth-order valence-corrected chi connectivity index (χ4v) is 2.61. The molecule has 0 spiro atoms. The van der Waals surface area contributed by atoms with Crippen molar-refractivity contribution < 1.29 is 13.9 Å². The second kappa shape index (κ2) is 6.86. The van der Waals surface area contributed by atoms with Crippen LogP contribution in [-0.2, 0) is 4.74 Å². The maximum absolute atomic E-state index is 13.2. The van der Waals surface area contributed by atoms with Gasteiger partial charge in [0.1, 0.15) is 17.5 Å². The fraction of sp³-hybridized carbons (Fsp3) is 0.529. The largest absolute Gasteiger partial charge is 0.444 e. The van der Waals surface area contributed by atoms with Crippen LogP contribution in [0.2, 0.25) is 0 Å². The van der Waals surface area contributed by atoms with Crippen LogP contribution in [0.3, 0.4) is 0 Å². The summed E-state index contributed by atoms with van der Waals surface area (Å²) in [5, 5.41) is 12.0. The van der Waals surface area contributed by atoms with Crippen LogP contribution in [0.1, 0.15) is 39.2 Å². The lowest BCUT2D eigenvalue weighted by Crippen LogP contribution is -2.46. The molecule has 0 saturated carbocycles. The molecule has 1 aliphatic heterocycles. The smallest absolute Gasteiger partial charge is 0.407 e. The van der Waals surface area contributed by atoms with Gasteiger partial charge in [0, 0.05) is 19.1 Å². The molecule has 1 aliphatic rings. The highest BCUT2D eigenvalue weighted by molar-refractivity contribution is 5.68. The molecule has 6 heteroatoms. The predicted molar refractivity (Wildman–Crippen MR) is 85.7 cm³/mol. The van der Waals surface area contributed by atoms with Gasteiger partial charge in [-0.2, -0.15) is 5.26 Å². The first-order chi connectivity index (χ1) is 10.8. The number of hydrogen-bond donors (Lipinski definition) is 1. The standard InChI is InChI=1S/C17H22FN3O2/c1-17(2,3)23-16(22)20-14-6-8-21(9-7-14)15-5-4-13(18)10-12(15)11-19/h4-5,10,14H,6-9H2,1-3H3,(H,20,22). The molecule has 1 fully saturated rings. The highest BCUT2D eigenvalue weighted by atomic mass is 19.1. The Balaban J connectivity index is 1.92. The molecule has 0 atom stereocenters. The van der Waals surface area contributed by atoms with Crippen molar-refractivity contribution in [3.05, 3.63) is 29.6 Å². The molecule has 1 N–H and O–H groups in total. The van der Waals surface area contributed by atoms with Crippen LogP contribution in [0.4, 0.5) is 14.9 Å². The molecule has 0 unspecified atom stereocenters. The minimum Gasteiger partial charge on any atom is -0.444 e. The molecule has 0 aliphatic carbocycles.